The molecule has 0 unspecified atom stereocenters. The van der Waals surface area contributed by atoms with E-state index in [9.17, 15) is 4.39 Å². The van der Waals surface area contributed by atoms with Gasteiger partial charge in [-0.15, -0.1) is 0 Å². The molecule has 0 aliphatic carbocycles. The molecule has 1 aromatic rings. The minimum Gasteiger partial charge on any atom is -0.313 e. The summed E-state index contributed by atoms with van der Waals surface area (Å²) < 4.78 is 13.1. The van der Waals surface area contributed by atoms with Gasteiger partial charge >= 0.3 is 0 Å². The molecule has 0 aliphatic heterocycles. The average Bonchev–Trinajstić information content (AvgIpc) is 2.28. The monoisotopic (exact) mass is 243 g/mol. The molecular formula is C13H19ClFN. The first-order chi connectivity index (χ1) is 7.74. The molecule has 0 atom stereocenters. The van der Waals surface area contributed by atoms with Crippen molar-refractivity contribution in [2.45, 2.75) is 39.2 Å². The summed E-state index contributed by atoms with van der Waals surface area (Å²) in [7, 11) is 0. The van der Waals surface area contributed by atoms with Crippen LogP contribution in [0, 0.1) is 5.82 Å². The van der Waals surface area contributed by atoms with Gasteiger partial charge in [-0.3, -0.25) is 0 Å². The Bertz CT molecular complexity index is 315. The number of benzene rings is 1. The fraction of sp³-hybridized carbons (Fsp3) is 0.538. The zero-order valence-electron chi connectivity index (χ0n) is 9.73. The van der Waals surface area contributed by atoms with Gasteiger partial charge in [0.25, 0.3) is 0 Å². The number of unbranched alkanes of at least 4 members (excludes halogenated alkanes) is 3. The maximum atomic E-state index is 13.1. The topological polar surface area (TPSA) is 12.0 Å². The molecule has 0 spiro atoms. The SMILES string of the molecule is CCCCCCNCc1ccc(Cl)c(F)c1. The second-order valence-corrected chi connectivity index (χ2v) is 4.39. The first-order valence-corrected chi connectivity index (χ1v) is 6.26. The molecule has 16 heavy (non-hydrogen) atoms. The van der Waals surface area contributed by atoms with Crippen molar-refractivity contribution >= 4 is 11.6 Å². The number of halogens is 2. The highest BCUT2D eigenvalue weighted by molar-refractivity contribution is 6.30. The summed E-state index contributed by atoms with van der Waals surface area (Å²) in [5.41, 5.74) is 0.942. The lowest BCUT2D eigenvalue weighted by Crippen LogP contribution is -2.14. The Labute approximate surface area is 102 Å². The van der Waals surface area contributed by atoms with E-state index >= 15 is 0 Å². The van der Waals surface area contributed by atoms with Gasteiger partial charge in [0.05, 0.1) is 5.02 Å². The van der Waals surface area contributed by atoms with Crippen LogP contribution >= 0.6 is 11.6 Å². The molecule has 0 heterocycles. The zero-order valence-corrected chi connectivity index (χ0v) is 10.5. The lowest BCUT2D eigenvalue weighted by Gasteiger charge is -2.05. The molecule has 90 valence electrons. The Morgan fingerprint density at radius 1 is 1.25 bits per heavy atom. The van der Waals surface area contributed by atoms with Gasteiger partial charge in [-0.25, -0.2) is 4.39 Å². The quantitative estimate of drug-likeness (QED) is 0.710. The summed E-state index contributed by atoms with van der Waals surface area (Å²) in [5, 5.41) is 3.48. The van der Waals surface area contributed by atoms with Crippen molar-refractivity contribution in [2.24, 2.45) is 0 Å². The second-order valence-electron chi connectivity index (χ2n) is 3.99. The van der Waals surface area contributed by atoms with Crippen molar-refractivity contribution in [1.82, 2.24) is 5.32 Å². The predicted octanol–water partition coefficient (Wildman–Crippen LogP) is 4.15. The van der Waals surface area contributed by atoms with Crippen LogP contribution in [-0.2, 0) is 6.54 Å². The Hall–Kier alpha value is -0.600. The van der Waals surface area contributed by atoms with Crippen LogP contribution in [0.15, 0.2) is 18.2 Å². The molecule has 1 aromatic carbocycles. The standard InChI is InChI=1S/C13H19ClFN/c1-2-3-4-5-8-16-10-11-6-7-12(14)13(15)9-11/h6-7,9,16H,2-5,8,10H2,1H3. The van der Waals surface area contributed by atoms with Gasteiger partial charge in [-0.1, -0.05) is 43.9 Å². The predicted molar refractivity (Wildman–Crippen MR) is 67.3 cm³/mol. The summed E-state index contributed by atoms with van der Waals surface area (Å²) in [6.07, 6.45) is 4.99. The Morgan fingerprint density at radius 2 is 2.06 bits per heavy atom. The van der Waals surface area contributed by atoms with Crippen molar-refractivity contribution in [3.63, 3.8) is 0 Å². The Balaban J connectivity index is 2.19. The van der Waals surface area contributed by atoms with E-state index in [1.54, 1.807) is 6.07 Å². The highest BCUT2D eigenvalue weighted by atomic mass is 35.5. The van der Waals surface area contributed by atoms with Crippen molar-refractivity contribution in [1.29, 1.82) is 0 Å². The molecule has 1 rings (SSSR count). The third-order valence-corrected chi connectivity index (χ3v) is 2.83. The maximum Gasteiger partial charge on any atom is 0.142 e. The van der Waals surface area contributed by atoms with Gasteiger partial charge in [0.15, 0.2) is 0 Å². The van der Waals surface area contributed by atoms with Crippen LogP contribution in [0.5, 0.6) is 0 Å². The van der Waals surface area contributed by atoms with Crippen LogP contribution in [0.2, 0.25) is 5.02 Å². The van der Waals surface area contributed by atoms with E-state index in [2.05, 4.69) is 12.2 Å². The van der Waals surface area contributed by atoms with Gasteiger partial charge < -0.3 is 5.32 Å². The molecule has 0 amide bonds. The highest BCUT2D eigenvalue weighted by Crippen LogP contribution is 2.15. The fourth-order valence-corrected chi connectivity index (χ4v) is 1.68. The van der Waals surface area contributed by atoms with Crippen LogP contribution in [0.4, 0.5) is 4.39 Å². The van der Waals surface area contributed by atoms with Gasteiger partial charge in [0.1, 0.15) is 5.82 Å². The highest BCUT2D eigenvalue weighted by Gasteiger charge is 2.00. The van der Waals surface area contributed by atoms with E-state index in [0.29, 0.717) is 6.54 Å². The number of hydrogen-bond donors (Lipinski definition) is 1. The summed E-state index contributed by atoms with van der Waals surface area (Å²) in [4.78, 5) is 0. The first-order valence-electron chi connectivity index (χ1n) is 5.88. The second kappa shape index (κ2) is 7.64. The zero-order chi connectivity index (χ0) is 11.8. The van der Waals surface area contributed by atoms with E-state index in [4.69, 9.17) is 11.6 Å². The van der Waals surface area contributed by atoms with Crippen molar-refractivity contribution in [3.8, 4) is 0 Å². The lowest BCUT2D eigenvalue weighted by atomic mass is 10.2. The molecule has 0 aromatic heterocycles. The van der Waals surface area contributed by atoms with Gasteiger partial charge in [0, 0.05) is 6.54 Å². The molecule has 0 bridgehead atoms. The van der Waals surface area contributed by atoms with Gasteiger partial charge in [-0.05, 0) is 30.7 Å². The van der Waals surface area contributed by atoms with E-state index in [0.717, 1.165) is 12.1 Å². The van der Waals surface area contributed by atoms with Gasteiger partial charge in [-0.2, -0.15) is 0 Å². The molecule has 1 N–H and O–H groups in total. The molecule has 0 aliphatic rings. The van der Waals surface area contributed by atoms with Gasteiger partial charge in [0.2, 0.25) is 0 Å². The summed E-state index contributed by atoms with van der Waals surface area (Å²) in [5.74, 6) is -0.341. The smallest absolute Gasteiger partial charge is 0.142 e. The third kappa shape index (κ3) is 4.95. The molecule has 0 radical (unpaired) electrons. The molecular weight excluding hydrogens is 225 g/mol. The third-order valence-electron chi connectivity index (χ3n) is 2.52. The largest absolute Gasteiger partial charge is 0.313 e. The molecule has 0 saturated heterocycles. The summed E-state index contributed by atoms with van der Waals surface area (Å²) in [6.45, 7) is 3.90. The minimum atomic E-state index is -0.341. The van der Waals surface area contributed by atoms with E-state index in [1.807, 2.05) is 6.07 Å². The number of hydrogen-bond acceptors (Lipinski definition) is 1. The fourth-order valence-electron chi connectivity index (χ4n) is 1.56. The van der Waals surface area contributed by atoms with E-state index in [1.165, 1.54) is 31.7 Å². The Morgan fingerprint density at radius 3 is 2.75 bits per heavy atom. The summed E-state index contributed by atoms with van der Waals surface area (Å²) in [6, 6.07) is 4.94. The number of rotatable bonds is 7. The van der Waals surface area contributed by atoms with E-state index in [-0.39, 0.29) is 10.8 Å². The number of nitrogens with one attached hydrogen (secondary N) is 1. The average molecular weight is 244 g/mol. The maximum absolute atomic E-state index is 13.1. The molecule has 0 fully saturated rings. The van der Waals surface area contributed by atoms with Crippen molar-refractivity contribution in [3.05, 3.63) is 34.6 Å². The normalized spacial score (nSPS) is 10.7. The first kappa shape index (κ1) is 13.5. The van der Waals surface area contributed by atoms with Crippen LogP contribution in [0.25, 0.3) is 0 Å². The lowest BCUT2D eigenvalue weighted by molar-refractivity contribution is 0.592. The van der Waals surface area contributed by atoms with Crippen molar-refractivity contribution < 1.29 is 4.39 Å². The molecule has 1 nitrogen and oxygen atoms in total. The van der Waals surface area contributed by atoms with Crippen LogP contribution in [-0.4, -0.2) is 6.54 Å². The van der Waals surface area contributed by atoms with E-state index < -0.39 is 0 Å². The Kier molecular flexibility index (Phi) is 6.43. The summed E-state index contributed by atoms with van der Waals surface area (Å²) >= 11 is 5.60. The van der Waals surface area contributed by atoms with Crippen LogP contribution in [0.3, 0.4) is 0 Å². The van der Waals surface area contributed by atoms with Crippen LogP contribution < -0.4 is 5.32 Å². The van der Waals surface area contributed by atoms with Crippen LogP contribution in [0.1, 0.15) is 38.2 Å². The molecule has 0 saturated carbocycles. The molecule has 3 heteroatoms. The minimum absolute atomic E-state index is 0.187. The van der Waals surface area contributed by atoms with Crippen molar-refractivity contribution in [2.75, 3.05) is 6.54 Å².